The average molecular weight is 1310 g/mol. The molecule has 1 unspecified atom stereocenters. The van der Waals surface area contributed by atoms with Crippen LogP contribution in [0.1, 0.15) is 68.9 Å². The van der Waals surface area contributed by atoms with Gasteiger partial charge in [0.25, 0.3) is 5.91 Å². The number of hydrogen-bond donors (Lipinski definition) is 3. The van der Waals surface area contributed by atoms with E-state index in [2.05, 4.69) is 5.48 Å². The maximum absolute atomic E-state index is 14.1. The fraction of sp³-hybridized carbons (Fsp3) is 0.526. The fourth-order valence-corrected chi connectivity index (χ4v) is 13.5. The van der Waals surface area contributed by atoms with Crippen molar-refractivity contribution in [2.24, 2.45) is 0 Å². The fourth-order valence-electron chi connectivity index (χ4n) is 9.67. The predicted octanol–water partition coefficient (Wildman–Crippen LogP) is 10.8. The zero-order valence-electron chi connectivity index (χ0n) is 47.5. The molecule has 3 fully saturated rings. The van der Waals surface area contributed by atoms with Gasteiger partial charge in [0, 0.05) is 79.4 Å². The highest BCUT2D eigenvalue weighted by Gasteiger charge is 2.58. The third-order valence-corrected chi connectivity index (χ3v) is 20.3. The second-order valence-electron chi connectivity index (χ2n) is 21.0. The van der Waals surface area contributed by atoms with Crippen LogP contribution in [0.5, 0.6) is 0 Å². The Morgan fingerprint density at radius 2 is 0.898 bits per heavy atom. The molecule has 1 amide bonds. The van der Waals surface area contributed by atoms with E-state index < -0.39 is 109 Å². The maximum atomic E-state index is 14.1. The van der Waals surface area contributed by atoms with E-state index in [-0.39, 0.29) is 35.5 Å². The largest absolute Gasteiger partial charge is 0.490 e. The van der Waals surface area contributed by atoms with Gasteiger partial charge < -0.3 is 34.2 Å². The number of piperidine rings is 2. The van der Waals surface area contributed by atoms with Crippen LogP contribution in [0.4, 0.5) is 57.1 Å². The van der Waals surface area contributed by atoms with Gasteiger partial charge in [0.15, 0.2) is 35.5 Å². The Morgan fingerprint density at radius 1 is 0.557 bits per heavy atom. The summed E-state index contributed by atoms with van der Waals surface area (Å²) < 4.78 is 226. The Balaban J connectivity index is 0.000000292. The number of sulfone groups is 2. The summed E-state index contributed by atoms with van der Waals surface area (Å²) >= 11 is 0. The topological polar surface area (TPSA) is 215 Å². The van der Waals surface area contributed by atoms with Crippen molar-refractivity contribution in [1.29, 1.82) is 0 Å². The number of hydrogen-bond acceptors (Lipinski definition) is 13. The van der Waals surface area contributed by atoms with Crippen molar-refractivity contribution >= 4 is 37.5 Å². The number of aliphatic carboxylic acids is 2. The molecule has 0 spiro atoms. The molecule has 0 bridgehead atoms. The third kappa shape index (κ3) is 18.4. The number of aryl methyl sites for hydroxylation is 2. The minimum atomic E-state index is -5.61. The first kappa shape index (κ1) is 72.8. The standard InChI is InChI=1S/C30H37F5N2O6S.C25H28F5NO5S.C2HF3O2/c1-41-21-19-37-17-15-28(16-18-37,27(38)36-43-26-4-2-3-20-42-26)44(39,40)25-11-9-24(10-12-25)23-7-5-22(6-8-23)13-14-29(31,32)30(33,34)35;1-36-17-16-31-14-12-23(13-15-31,22(32)33)37(34,35)21-8-6-20(7-9-21)19-4-2-18(3-5-19)10-11-24(26,27)25(28,29)30;3-2(4,5)1(6)7/h5-12,26H,2-4,13-21H2,1H3,(H,36,38);2-9H,10-17H2,1H3,(H,32,33);(H,6,7). The number of nitrogens with one attached hydrogen (secondary N) is 1. The Bertz CT molecular complexity index is 3130. The maximum Gasteiger partial charge on any atom is 0.490 e. The van der Waals surface area contributed by atoms with Gasteiger partial charge in [-0.3, -0.25) is 9.59 Å². The Kier molecular flexibility index (Phi) is 25.0. The summed E-state index contributed by atoms with van der Waals surface area (Å²) in [5.74, 6) is -14.5. The molecule has 3 saturated heterocycles. The van der Waals surface area contributed by atoms with Gasteiger partial charge in [0.2, 0.25) is 0 Å². The van der Waals surface area contributed by atoms with E-state index in [4.69, 9.17) is 28.9 Å². The number of amides is 1. The number of carboxylic acid groups (broad SMARTS) is 2. The highest BCUT2D eigenvalue weighted by molar-refractivity contribution is 7.94. The van der Waals surface area contributed by atoms with Crippen molar-refractivity contribution in [2.45, 2.75) is 127 Å². The highest BCUT2D eigenvalue weighted by Crippen LogP contribution is 2.42. The van der Waals surface area contributed by atoms with Crippen LogP contribution in [0.15, 0.2) is 107 Å². The van der Waals surface area contributed by atoms with Gasteiger partial charge in [-0.15, -0.1) is 0 Å². The summed E-state index contributed by atoms with van der Waals surface area (Å²) in [6.45, 7) is 3.89. The monoisotopic (exact) mass is 1310 g/mol. The average Bonchev–Trinajstić information content (AvgIpc) is 1.63. The molecule has 490 valence electrons. The number of ether oxygens (including phenoxy) is 3. The van der Waals surface area contributed by atoms with Crippen LogP contribution >= 0.6 is 0 Å². The zero-order chi connectivity index (χ0) is 65.6. The predicted molar refractivity (Wildman–Crippen MR) is 291 cm³/mol. The first-order valence-electron chi connectivity index (χ1n) is 27.3. The first-order valence-corrected chi connectivity index (χ1v) is 30.2. The van der Waals surface area contributed by atoms with Crippen molar-refractivity contribution in [3.8, 4) is 22.3 Å². The van der Waals surface area contributed by atoms with E-state index in [1.807, 2.05) is 9.80 Å². The number of carboxylic acids is 2. The summed E-state index contributed by atoms with van der Waals surface area (Å²) in [5.41, 5.74) is 5.35. The molecule has 31 heteroatoms. The Morgan fingerprint density at radius 3 is 1.20 bits per heavy atom. The number of methoxy groups -OCH3 is 2. The molecule has 4 aromatic carbocycles. The van der Waals surface area contributed by atoms with Crippen LogP contribution < -0.4 is 5.48 Å². The minimum Gasteiger partial charge on any atom is -0.480 e. The molecule has 0 radical (unpaired) electrons. The molecule has 0 aromatic heterocycles. The van der Waals surface area contributed by atoms with Gasteiger partial charge in [-0.25, -0.2) is 31.9 Å². The smallest absolute Gasteiger partial charge is 0.480 e. The lowest BCUT2D eigenvalue weighted by Crippen LogP contribution is -2.58. The number of carbonyl (C=O) groups excluding carboxylic acids is 1. The van der Waals surface area contributed by atoms with E-state index in [9.17, 15) is 88.6 Å². The second kappa shape index (κ2) is 30.2. The van der Waals surface area contributed by atoms with Gasteiger partial charge in [-0.2, -0.15) is 57.1 Å². The quantitative estimate of drug-likeness (QED) is 0.0493. The van der Waals surface area contributed by atoms with Crippen molar-refractivity contribution < 1.29 is 118 Å². The van der Waals surface area contributed by atoms with Gasteiger partial charge in [0.05, 0.1) is 23.0 Å². The third-order valence-electron chi connectivity index (χ3n) is 15.2. The number of likely N-dealkylation sites (tertiary alicyclic amines) is 2. The van der Waals surface area contributed by atoms with Crippen LogP contribution in [-0.4, -0.2) is 174 Å². The first-order chi connectivity index (χ1) is 41.0. The van der Waals surface area contributed by atoms with E-state index in [0.29, 0.717) is 98.9 Å². The lowest BCUT2D eigenvalue weighted by Gasteiger charge is -2.40. The normalized spacial score (nSPS) is 18.0. The zero-order valence-corrected chi connectivity index (χ0v) is 49.1. The lowest BCUT2D eigenvalue weighted by atomic mass is 9.95. The number of rotatable bonds is 22. The van der Waals surface area contributed by atoms with Crippen LogP contribution in [0.25, 0.3) is 22.3 Å². The van der Waals surface area contributed by atoms with E-state index >= 15 is 0 Å². The summed E-state index contributed by atoms with van der Waals surface area (Å²) in [7, 11) is -5.31. The van der Waals surface area contributed by atoms with E-state index in [1.54, 1.807) is 50.6 Å². The minimum absolute atomic E-state index is 0.0381. The number of nitrogens with zero attached hydrogens (tertiary/aromatic N) is 2. The van der Waals surface area contributed by atoms with Crippen molar-refractivity contribution in [1.82, 2.24) is 15.3 Å². The van der Waals surface area contributed by atoms with E-state index in [0.717, 1.165) is 12.8 Å². The molecule has 3 heterocycles. The molecule has 1 atom stereocenters. The molecule has 4 aromatic rings. The van der Waals surface area contributed by atoms with Gasteiger partial charge in [-0.05, 0) is 109 Å². The number of alkyl halides is 13. The molecular formula is C57H66F13N3O13S2. The molecule has 0 aliphatic carbocycles. The molecule has 7 rings (SSSR count). The molecule has 16 nitrogen and oxygen atoms in total. The van der Waals surface area contributed by atoms with Crippen LogP contribution in [0.2, 0.25) is 0 Å². The summed E-state index contributed by atoms with van der Waals surface area (Å²) in [6, 6.07) is 23.6. The number of benzene rings is 4. The molecule has 0 saturated carbocycles. The van der Waals surface area contributed by atoms with Crippen LogP contribution in [0, 0.1) is 0 Å². The molecular weight excluding hydrogens is 1250 g/mol. The summed E-state index contributed by atoms with van der Waals surface area (Å²) in [4.78, 5) is 43.9. The Labute approximate surface area is 499 Å². The van der Waals surface area contributed by atoms with Crippen molar-refractivity contribution in [2.75, 3.05) is 73.3 Å². The number of hydroxylamine groups is 1. The van der Waals surface area contributed by atoms with Gasteiger partial charge >= 0.3 is 42.3 Å². The lowest BCUT2D eigenvalue weighted by molar-refractivity contribution is -0.284. The molecule has 3 aliphatic rings. The molecule has 88 heavy (non-hydrogen) atoms. The second-order valence-corrected chi connectivity index (χ2v) is 25.5. The number of carbonyl (C=O) groups is 3. The molecule has 3 N–H and O–H groups in total. The summed E-state index contributed by atoms with van der Waals surface area (Å²) in [6.07, 6.45) is -18.3. The Hall–Kier alpha value is -5.96. The van der Waals surface area contributed by atoms with Crippen LogP contribution in [-0.2, 0) is 65.9 Å². The van der Waals surface area contributed by atoms with Gasteiger partial charge in [0.1, 0.15) is 0 Å². The summed E-state index contributed by atoms with van der Waals surface area (Å²) in [5, 5.41) is 17.0. The molecule has 3 aliphatic heterocycles. The highest BCUT2D eigenvalue weighted by atomic mass is 32.2. The van der Waals surface area contributed by atoms with Crippen molar-refractivity contribution in [3.05, 3.63) is 108 Å². The van der Waals surface area contributed by atoms with Gasteiger partial charge in [-0.1, -0.05) is 72.8 Å². The van der Waals surface area contributed by atoms with Crippen LogP contribution in [0.3, 0.4) is 0 Å². The SMILES string of the molecule is COCCN1CCC(C(=O)NOC2CCCCO2)(S(=O)(=O)c2ccc(-c3ccc(CCC(F)(F)C(F)(F)F)cc3)cc2)CC1.COCCN1CCC(C(=O)O)(S(=O)(=O)c2ccc(-c3ccc(CCC(F)(F)C(F)(F)F)cc3)cc2)CC1.O=C(O)C(F)(F)F. The van der Waals surface area contributed by atoms with E-state index in [1.165, 1.54) is 60.7 Å². The number of halogens is 13. The van der Waals surface area contributed by atoms with Crippen molar-refractivity contribution in [3.63, 3.8) is 0 Å².